The Morgan fingerprint density at radius 3 is 2.60 bits per heavy atom. The highest BCUT2D eigenvalue weighted by Gasteiger charge is 2.14. The van der Waals surface area contributed by atoms with Crippen LogP contribution in [0.5, 0.6) is 0 Å². The third kappa shape index (κ3) is 4.08. The van der Waals surface area contributed by atoms with Gasteiger partial charge in [0.25, 0.3) is 0 Å². The summed E-state index contributed by atoms with van der Waals surface area (Å²) in [7, 11) is -3.49. The number of aromatic nitrogens is 2. The van der Waals surface area contributed by atoms with Crippen molar-refractivity contribution in [2.75, 3.05) is 6.54 Å². The van der Waals surface area contributed by atoms with Crippen molar-refractivity contribution < 1.29 is 8.42 Å². The van der Waals surface area contributed by atoms with Crippen molar-refractivity contribution in [3.8, 4) is 0 Å². The number of hydrogen-bond acceptors (Lipinski definition) is 3. The first-order valence-electron chi connectivity index (χ1n) is 8.52. The van der Waals surface area contributed by atoms with Gasteiger partial charge in [0, 0.05) is 25.4 Å². The zero-order valence-electron chi connectivity index (χ0n) is 14.5. The largest absolute Gasteiger partial charge is 0.307 e. The van der Waals surface area contributed by atoms with E-state index in [1.165, 1.54) is 0 Å². The van der Waals surface area contributed by atoms with Crippen LogP contribution in [-0.2, 0) is 16.4 Å². The molecule has 0 fully saturated rings. The molecular formula is C19H23N3O2S. The highest BCUT2D eigenvalue weighted by atomic mass is 32.2. The van der Waals surface area contributed by atoms with Gasteiger partial charge in [0.2, 0.25) is 10.0 Å². The molecule has 0 spiro atoms. The van der Waals surface area contributed by atoms with Gasteiger partial charge in [-0.05, 0) is 42.2 Å². The lowest BCUT2D eigenvalue weighted by Crippen LogP contribution is -2.26. The molecule has 0 aliphatic rings. The van der Waals surface area contributed by atoms with Crippen molar-refractivity contribution in [1.29, 1.82) is 0 Å². The standard InChI is InChI=1S/C19H23N3O2S/c1-3-15(2)16-7-9-18(10-8-16)25(23,24)20-12-11-17-14-22-13-5-4-6-19(22)21-17/h4-10,13-15,20H,3,11-12H2,1-2H3. The Kier molecular flexibility index (Phi) is 5.20. The Balaban J connectivity index is 1.63. The molecule has 2 aromatic heterocycles. The second kappa shape index (κ2) is 7.37. The quantitative estimate of drug-likeness (QED) is 0.705. The summed E-state index contributed by atoms with van der Waals surface area (Å²) in [4.78, 5) is 4.77. The fraction of sp³-hybridized carbons (Fsp3) is 0.316. The topological polar surface area (TPSA) is 63.5 Å². The summed E-state index contributed by atoms with van der Waals surface area (Å²) >= 11 is 0. The molecule has 5 nitrogen and oxygen atoms in total. The van der Waals surface area contributed by atoms with Crippen LogP contribution in [0.1, 0.15) is 37.4 Å². The first-order valence-corrected chi connectivity index (χ1v) is 10.00. The monoisotopic (exact) mass is 357 g/mol. The average Bonchev–Trinajstić information content (AvgIpc) is 3.03. The molecule has 0 radical (unpaired) electrons. The molecule has 0 aliphatic carbocycles. The lowest BCUT2D eigenvalue weighted by molar-refractivity contribution is 0.581. The van der Waals surface area contributed by atoms with Gasteiger partial charge in [-0.1, -0.05) is 32.0 Å². The van der Waals surface area contributed by atoms with Gasteiger partial charge in [-0.15, -0.1) is 0 Å². The second-order valence-electron chi connectivity index (χ2n) is 6.22. The van der Waals surface area contributed by atoms with Gasteiger partial charge in [-0.25, -0.2) is 18.1 Å². The maximum atomic E-state index is 12.4. The van der Waals surface area contributed by atoms with Crippen LogP contribution in [0, 0.1) is 0 Å². The zero-order valence-corrected chi connectivity index (χ0v) is 15.3. The van der Waals surface area contributed by atoms with Crippen LogP contribution < -0.4 is 4.72 Å². The van der Waals surface area contributed by atoms with Crippen molar-refractivity contribution in [2.24, 2.45) is 0 Å². The molecule has 0 bridgehead atoms. The summed E-state index contributed by atoms with van der Waals surface area (Å²) in [6, 6.07) is 12.9. The number of nitrogens with one attached hydrogen (secondary N) is 1. The minimum Gasteiger partial charge on any atom is -0.307 e. The molecule has 1 atom stereocenters. The summed E-state index contributed by atoms with van der Waals surface area (Å²) in [6.07, 6.45) is 5.43. The van der Waals surface area contributed by atoms with E-state index in [0.29, 0.717) is 23.8 Å². The zero-order chi connectivity index (χ0) is 17.9. The van der Waals surface area contributed by atoms with Gasteiger partial charge in [-0.2, -0.15) is 0 Å². The van der Waals surface area contributed by atoms with E-state index in [2.05, 4.69) is 23.6 Å². The van der Waals surface area contributed by atoms with E-state index >= 15 is 0 Å². The van der Waals surface area contributed by atoms with Gasteiger partial charge in [0.05, 0.1) is 10.6 Å². The normalized spacial score (nSPS) is 13.2. The average molecular weight is 357 g/mol. The Labute approximate surface area is 148 Å². The number of imidazole rings is 1. The molecule has 0 aliphatic heterocycles. The molecule has 6 heteroatoms. The number of nitrogens with zero attached hydrogens (tertiary/aromatic N) is 2. The van der Waals surface area contributed by atoms with Crippen LogP contribution in [0.2, 0.25) is 0 Å². The van der Waals surface area contributed by atoms with E-state index in [4.69, 9.17) is 0 Å². The van der Waals surface area contributed by atoms with E-state index in [0.717, 1.165) is 23.3 Å². The highest BCUT2D eigenvalue weighted by Crippen LogP contribution is 2.20. The second-order valence-corrected chi connectivity index (χ2v) is 7.99. The van der Waals surface area contributed by atoms with Crippen LogP contribution in [0.15, 0.2) is 59.8 Å². The van der Waals surface area contributed by atoms with Crippen LogP contribution in [0.4, 0.5) is 0 Å². The third-order valence-corrected chi connectivity index (χ3v) is 5.94. The summed E-state index contributed by atoms with van der Waals surface area (Å²) < 4.78 is 29.4. The minimum absolute atomic E-state index is 0.301. The number of benzene rings is 1. The SMILES string of the molecule is CCC(C)c1ccc(S(=O)(=O)NCCc2cn3ccccc3n2)cc1. The van der Waals surface area contributed by atoms with E-state index in [1.807, 2.05) is 47.1 Å². The van der Waals surface area contributed by atoms with Gasteiger partial charge < -0.3 is 4.40 Å². The van der Waals surface area contributed by atoms with Crippen molar-refractivity contribution >= 4 is 15.7 Å². The molecule has 2 heterocycles. The molecular weight excluding hydrogens is 334 g/mol. The van der Waals surface area contributed by atoms with Crippen LogP contribution >= 0.6 is 0 Å². The molecule has 0 saturated heterocycles. The summed E-state index contributed by atoms with van der Waals surface area (Å²) in [5.74, 6) is 0.430. The highest BCUT2D eigenvalue weighted by molar-refractivity contribution is 7.89. The Morgan fingerprint density at radius 1 is 1.16 bits per heavy atom. The molecule has 1 aromatic carbocycles. The van der Waals surface area contributed by atoms with Crippen LogP contribution in [-0.4, -0.2) is 24.3 Å². The van der Waals surface area contributed by atoms with E-state index in [9.17, 15) is 8.42 Å². The van der Waals surface area contributed by atoms with E-state index in [-0.39, 0.29) is 0 Å². The van der Waals surface area contributed by atoms with Crippen molar-refractivity contribution in [3.63, 3.8) is 0 Å². The maximum absolute atomic E-state index is 12.4. The van der Waals surface area contributed by atoms with Crippen molar-refractivity contribution in [1.82, 2.24) is 14.1 Å². The van der Waals surface area contributed by atoms with Crippen molar-refractivity contribution in [3.05, 3.63) is 66.1 Å². The number of sulfonamides is 1. The molecule has 1 unspecified atom stereocenters. The van der Waals surface area contributed by atoms with Gasteiger partial charge >= 0.3 is 0 Å². The maximum Gasteiger partial charge on any atom is 0.240 e. The summed E-state index contributed by atoms with van der Waals surface area (Å²) in [5.41, 5.74) is 2.88. The van der Waals surface area contributed by atoms with Crippen LogP contribution in [0.25, 0.3) is 5.65 Å². The van der Waals surface area contributed by atoms with Gasteiger partial charge in [0.15, 0.2) is 0 Å². The molecule has 3 rings (SSSR count). The Bertz CT molecular complexity index is 913. The van der Waals surface area contributed by atoms with Gasteiger partial charge in [-0.3, -0.25) is 0 Å². The van der Waals surface area contributed by atoms with Crippen molar-refractivity contribution in [2.45, 2.75) is 37.5 Å². The molecule has 3 aromatic rings. The first-order chi connectivity index (χ1) is 12.0. The smallest absolute Gasteiger partial charge is 0.240 e. The Morgan fingerprint density at radius 2 is 1.92 bits per heavy atom. The third-order valence-electron chi connectivity index (χ3n) is 4.46. The number of pyridine rings is 1. The molecule has 0 saturated carbocycles. The predicted octanol–water partition coefficient (Wildman–Crippen LogP) is 3.37. The van der Waals surface area contributed by atoms with E-state index in [1.54, 1.807) is 12.1 Å². The number of fused-ring (bicyclic) bond motifs is 1. The Hall–Kier alpha value is -2.18. The summed E-state index contributed by atoms with van der Waals surface area (Å²) in [6.45, 7) is 4.58. The van der Waals surface area contributed by atoms with Gasteiger partial charge in [0.1, 0.15) is 5.65 Å². The predicted molar refractivity (Wildman–Crippen MR) is 99.2 cm³/mol. The lowest BCUT2D eigenvalue weighted by atomic mass is 9.99. The fourth-order valence-corrected chi connectivity index (χ4v) is 3.75. The fourth-order valence-electron chi connectivity index (χ4n) is 2.72. The molecule has 0 amide bonds. The number of hydrogen-bond donors (Lipinski definition) is 1. The number of rotatable bonds is 7. The van der Waals surface area contributed by atoms with Crippen LogP contribution in [0.3, 0.4) is 0 Å². The minimum atomic E-state index is -3.49. The molecule has 25 heavy (non-hydrogen) atoms. The lowest BCUT2D eigenvalue weighted by Gasteiger charge is -2.10. The first kappa shape index (κ1) is 17.6. The molecule has 132 valence electrons. The molecule has 1 N–H and O–H groups in total. The van der Waals surface area contributed by atoms with E-state index < -0.39 is 10.0 Å². The summed E-state index contributed by atoms with van der Waals surface area (Å²) in [5, 5.41) is 0.